The summed E-state index contributed by atoms with van der Waals surface area (Å²) in [4.78, 5) is 11.1. The van der Waals surface area contributed by atoms with E-state index in [0.29, 0.717) is 18.4 Å². The van der Waals surface area contributed by atoms with Crippen molar-refractivity contribution >= 4 is 11.6 Å². The lowest BCUT2D eigenvalue weighted by molar-refractivity contribution is 0.301. The van der Waals surface area contributed by atoms with Crippen LogP contribution in [0.25, 0.3) is 0 Å². The molecule has 0 aromatic carbocycles. The van der Waals surface area contributed by atoms with Gasteiger partial charge in [0.15, 0.2) is 0 Å². The SMILES string of the molecule is Cc1c(N)nc(C(C)C)nc1N(CCO)C1CC1. The van der Waals surface area contributed by atoms with Crippen molar-refractivity contribution in [2.45, 2.75) is 45.6 Å². The summed E-state index contributed by atoms with van der Waals surface area (Å²) >= 11 is 0. The molecule has 0 atom stereocenters. The number of anilines is 2. The monoisotopic (exact) mass is 250 g/mol. The molecule has 1 fully saturated rings. The Kier molecular flexibility index (Phi) is 3.71. The van der Waals surface area contributed by atoms with Gasteiger partial charge < -0.3 is 15.7 Å². The van der Waals surface area contributed by atoms with Crippen LogP contribution in [-0.2, 0) is 0 Å². The molecule has 1 aromatic rings. The highest BCUT2D eigenvalue weighted by Gasteiger charge is 2.31. The quantitative estimate of drug-likeness (QED) is 0.827. The molecule has 0 unspecified atom stereocenters. The molecule has 18 heavy (non-hydrogen) atoms. The zero-order valence-corrected chi connectivity index (χ0v) is 11.3. The summed E-state index contributed by atoms with van der Waals surface area (Å²) in [5.41, 5.74) is 6.89. The van der Waals surface area contributed by atoms with Crippen LogP contribution in [0.3, 0.4) is 0 Å². The van der Waals surface area contributed by atoms with Crippen LogP contribution in [0.2, 0.25) is 0 Å². The van der Waals surface area contributed by atoms with Gasteiger partial charge in [0, 0.05) is 24.1 Å². The summed E-state index contributed by atoms with van der Waals surface area (Å²) in [6.07, 6.45) is 2.33. The summed E-state index contributed by atoms with van der Waals surface area (Å²) in [5, 5.41) is 9.20. The van der Waals surface area contributed by atoms with Crippen LogP contribution in [0.5, 0.6) is 0 Å². The van der Waals surface area contributed by atoms with E-state index in [4.69, 9.17) is 5.73 Å². The van der Waals surface area contributed by atoms with Gasteiger partial charge in [0.2, 0.25) is 0 Å². The van der Waals surface area contributed by atoms with E-state index < -0.39 is 0 Å². The molecule has 0 radical (unpaired) electrons. The largest absolute Gasteiger partial charge is 0.395 e. The number of rotatable bonds is 5. The third-order valence-corrected chi connectivity index (χ3v) is 3.29. The molecule has 0 aliphatic heterocycles. The van der Waals surface area contributed by atoms with E-state index >= 15 is 0 Å². The van der Waals surface area contributed by atoms with Crippen molar-refractivity contribution in [1.82, 2.24) is 9.97 Å². The Bertz CT molecular complexity index is 429. The lowest BCUT2D eigenvalue weighted by Gasteiger charge is -2.25. The van der Waals surface area contributed by atoms with Gasteiger partial charge in [-0.1, -0.05) is 13.8 Å². The summed E-state index contributed by atoms with van der Waals surface area (Å²) in [6, 6.07) is 0.505. The third-order valence-electron chi connectivity index (χ3n) is 3.29. The normalized spacial score (nSPS) is 15.2. The Labute approximate surface area is 108 Å². The zero-order chi connectivity index (χ0) is 13.3. The minimum Gasteiger partial charge on any atom is -0.395 e. The Balaban J connectivity index is 2.40. The molecular formula is C13H22N4O. The fourth-order valence-electron chi connectivity index (χ4n) is 2.03. The maximum absolute atomic E-state index is 9.20. The van der Waals surface area contributed by atoms with Gasteiger partial charge in [-0.15, -0.1) is 0 Å². The number of aliphatic hydroxyl groups is 1. The fourth-order valence-corrected chi connectivity index (χ4v) is 2.03. The van der Waals surface area contributed by atoms with Crippen LogP contribution < -0.4 is 10.6 Å². The van der Waals surface area contributed by atoms with Crippen molar-refractivity contribution in [2.75, 3.05) is 23.8 Å². The first-order valence-electron chi connectivity index (χ1n) is 6.56. The van der Waals surface area contributed by atoms with Crippen molar-refractivity contribution < 1.29 is 5.11 Å². The smallest absolute Gasteiger partial charge is 0.137 e. The lowest BCUT2D eigenvalue weighted by Crippen LogP contribution is -2.31. The van der Waals surface area contributed by atoms with E-state index in [1.165, 1.54) is 12.8 Å². The van der Waals surface area contributed by atoms with Crippen LogP contribution in [0.4, 0.5) is 11.6 Å². The molecule has 100 valence electrons. The number of aromatic nitrogens is 2. The van der Waals surface area contributed by atoms with Crippen molar-refractivity contribution in [3.63, 3.8) is 0 Å². The molecule has 1 aliphatic rings. The molecule has 0 spiro atoms. The van der Waals surface area contributed by atoms with E-state index in [0.717, 1.165) is 17.2 Å². The molecule has 2 rings (SSSR count). The van der Waals surface area contributed by atoms with E-state index in [2.05, 4.69) is 28.7 Å². The van der Waals surface area contributed by atoms with Crippen LogP contribution >= 0.6 is 0 Å². The average Bonchev–Trinajstić information content (AvgIpc) is 3.13. The topological polar surface area (TPSA) is 75.3 Å². The van der Waals surface area contributed by atoms with Crippen molar-refractivity contribution in [1.29, 1.82) is 0 Å². The Hall–Kier alpha value is -1.36. The molecule has 1 saturated carbocycles. The number of nitrogens with zero attached hydrogens (tertiary/aromatic N) is 3. The predicted molar refractivity (Wildman–Crippen MR) is 72.7 cm³/mol. The Morgan fingerprint density at radius 2 is 2.06 bits per heavy atom. The zero-order valence-electron chi connectivity index (χ0n) is 11.3. The van der Waals surface area contributed by atoms with Gasteiger partial charge in [0.1, 0.15) is 17.5 Å². The van der Waals surface area contributed by atoms with Crippen LogP contribution in [0, 0.1) is 6.92 Å². The van der Waals surface area contributed by atoms with E-state index in [1.807, 2.05) is 6.92 Å². The Morgan fingerprint density at radius 3 is 2.56 bits per heavy atom. The van der Waals surface area contributed by atoms with Gasteiger partial charge in [-0.3, -0.25) is 0 Å². The number of hydrogen-bond donors (Lipinski definition) is 2. The summed E-state index contributed by atoms with van der Waals surface area (Å²) in [6.45, 7) is 6.81. The van der Waals surface area contributed by atoms with E-state index in [1.54, 1.807) is 0 Å². The summed E-state index contributed by atoms with van der Waals surface area (Å²) in [5.74, 6) is 2.47. The number of aliphatic hydroxyl groups excluding tert-OH is 1. The molecule has 1 aliphatic carbocycles. The highest BCUT2D eigenvalue weighted by molar-refractivity contribution is 5.57. The summed E-state index contributed by atoms with van der Waals surface area (Å²) < 4.78 is 0. The maximum Gasteiger partial charge on any atom is 0.137 e. The van der Waals surface area contributed by atoms with Crippen LogP contribution in [-0.4, -0.2) is 34.3 Å². The molecule has 3 N–H and O–H groups in total. The van der Waals surface area contributed by atoms with Gasteiger partial charge in [0.25, 0.3) is 0 Å². The molecule has 0 saturated heterocycles. The second-order valence-electron chi connectivity index (χ2n) is 5.22. The lowest BCUT2D eigenvalue weighted by atomic mass is 10.2. The second kappa shape index (κ2) is 5.10. The standard InChI is InChI=1S/C13H22N4O/c1-8(2)12-15-11(14)9(3)13(16-12)17(6-7-18)10-4-5-10/h8,10,18H,4-7H2,1-3H3,(H2,14,15,16). The minimum absolute atomic E-state index is 0.136. The number of hydrogen-bond acceptors (Lipinski definition) is 5. The van der Waals surface area contributed by atoms with Gasteiger partial charge >= 0.3 is 0 Å². The van der Waals surface area contributed by atoms with Crippen molar-refractivity contribution in [3.05, 3.63) is 11.4 Å². The molecule has 0 bridgehead atoms. The minimum atomic E-state index is 0.136. The highest BCUT2D eigenvalue weighted by atomic mass is 16.3. The Morgan fingerprint density at radius 1 is 1.39 bits per heavy atom. The van der Waals surface area contributed by atoms with Crippen LogP contribution in [0.1, 0.15) is 44.0 Å². The first-order chi connectivity index (χ1) is 8.54. The fraction of sp³-hybridized carbons (Fsp3) is 0.692. The molecule has 1 heterocycles. The van der Waals surface area contributed by atoms with Crippen LogP contribution in [0.15, 0.2) is 0 Å². The van der Waals surface area contributed by atoms with Crippen molar-refractivity contribution in [3.8, 4) is 0 Å². The summed E-state index contributed by atoms with van der Waals surface area (Å²) in [7, 11) is 0. The third kappa shape index (κ3) is 2.56. The van der Waals surface area contributed by atoms with Gasteiger partial charge in [-0.2, -0.15) is 0 Å². The number of nitrogen functional groups attached to an aromatic ring is 1. The van der Waals surface area contributed by atoms with Gasteiger partial charge in [0.05, 0.1) is 6.61 Å². The predicted octanol–water partition coefficient (Wildman–Crippen LogP) is 1.45. The first kappa shape index (κ1) is 13.1. The van der Waals surface area contributed by atoms with Crippen molar-refractivity contribution in [2.24, 2.45) is 0 Å². The average molecular weight is 250 g/mol. The maximum atomic E-state index is 9.20. The number of nitrogens with two attached hydrogens (primary N) is 1. The molecular weight excluding hydrogens is 228 g/mol. The van der Waals surface area contributed by atoms with E-state index in [9.17, 15) is 5.11 Å². The molecule has 0 amide bonds. The molecule has 5 heteroatoms. The van der Waals surface area contributed by atoms with Gasteiger partial charge in [-0.05, 0) is 19.8 Å². The molecule has 1 aromatic heterocycles. The first-order valence-corrected chi connectivity index (χ1v) is 6.56. The van der Waals surface area contributed by atoms with E-state index in [-0.39, 0.29) is 12.5 Å². The molecule has 5 nitrogen and oxygen atoms in total. The highest BCUT2D eigenvalue weighted by Crippen LogP contribution is 2.33. The second-order valence-corrected chi connectivity index (χ2v) is 5.22. The van der Waals surface area contributed by atoms with Gasteiger partial charge in [-0.25, -0.2) is 9.97 Å².